The van der Waals surface area contributed by atoms with Crippen LogP contribution in [0, 0.1) is 6.92 Å². The van der Waals surface area contributed by atoms with Crippen molar-refractivity contribution in [2.45, 2.75) is 13.8 Å². The molecule has 9 nitrogen and oxygen atoms in total. The Bertz CT molecular complexity index is 1060. The normalized spacial score (nSPS) is 14.1. The number of nitrogen functional groups attached to an aromatic ring is 1. The molecule has 156 valence electrons. The third-order valence-electron chi connectivity index (χ3n) is 5.09. The number of benzene rings is 1. The van der Waals surface area contributed by atoms with E-state index in [4.69, 9.17) is 10.5 Å². The van der Waals surface area contributed by atoms with Crippen molar-refractivity contribution in [3.8, 4) is 0 Å². The van der Waals surface area contributed by atoms with Crippen molar-refractivity contribution in [1.29, 1.82) is 0 Å². The molecule has 1 amide bonds. The lowest BCUT2D eigenvalue weighted by atomic mass is 10.1. The first-order valence-electron chi connectivity index (χ1n) is 9.97. The molecule has 0 atom stereocenters. The Morgan fingerprint density at radius 2 is 1.97 bits per heavy atom. The molecule has 3 N–H and O–H groups in total. The van der Waals surface area contributed by atoms with Crippen LogP contribution in [0.5, 0.6) is 0 Å². The van der Waals surface area contributed by atoms with Crippen LogP contribution in [0.2, 0.25) is 0 Å². The molecule has 30 heavy (non-hydrogen) atoms. The first-order valence-corrected chi connectivity index (χ1v) is 9.97. The van der Waals surface area contributed by atoms with Gasteiger partial charge in [0.2, 0.25) is 0 Å². The summed E-state index contributed by atoms with van der Waals surface area (Å²) in [5, 5.41) is 4.32. The lowest BCUT2D eigenvalue weighted by Crippen LogP contribution is -2.49. The van der Waals surface area contributed by atoms with Crippen LogP contribution in [0.4, 0.5) is 27.8 Å². The second kappa shape index (κ2) is 8.40. The molecule has 1 fully saturated rings. The number of piperazine rings is 1. The monoisotopic (exact) mass is 407 g/mol. The average Bonchev–Trinajstić information content (AvgIpc) is 2.75. The van der Waals surface area contributed by atoms with Gasteiger partial charge >= 0.3 is 6.09 Å². The number of hydrogen-bond donors (Lipinski definition) is 2. The molecule has 0 bridgehead atoms. The van der Waals surface area contributed by atoms with E-state index in [0.717, 1.165) is 22.3 Å². The number of nitrogens with one attached hydrogen (secondary N) is 1. The van der Waals surface area contributed by atoms with Crippen LogP contribution in [0.15, 0.2) is 36.7 Å². The van der Waals surface area contributed by atoms with E-state index in [1.165, 1.54) is 6.33 Å². The molecule has 0 spiro atoms. The summed E-state index contributed by atoms with van der Waals surface area (Å²) in [6, 6.07) is 9.91. The first-order chi connectivity index (χ1) is 14.6. The van der Waals surface area contributed by atoms with Gasteiger partial charge in [-0.05, 0) is 38.1 Å². The molecule has 4 rings (SSSR count). The Kier molecular flexibility index (Phi) is 5.51. The van der Waals surface area contributed by atoms with Gasteiger partial charge in [-0.15, -0.1) is 0 Å². The largest absolute Gasteiger partial charge is 0.450 e. The highest BCUT2D eigenvalue weighted by Gasteiger charge is 2.24. The summed E-state index contributed by atoms with van der Waals surface area (Å²) in [6.45, 7) is 6.50. The zero-order valence-electron chi connectivity index (χ0n) is 17.1. The number of nitrogens with zero attached hydrogens (tertiary/aromatic N) is 5. The summed E-state index contributed by atoms with van der Waals surface area (Å²) in [5.41, 5.74) is 9.64. The number of pyridine rings is 1. The smallest absolute Gasteiger partial charge is 0.409 e. The van der Waals surface area contributed by atoms with Crippen molar-refractivity contribution in [3.05, 3.63) is 42.4 Å². The van der Waals surface area contributed by atoms with Crippen molar-refractivity contribution in [2.75, 3.05) is 48.7 Å². The Morgan fingerprint density at radius 1 is 1.17 bits per heavy atom. The second-order valence-corrected chi connectivity index (χ2v) is 7.08. The molecule has 1 saturated heterocycles. The lowest BCUT2D eigenvalue weighted by Gasteiger charge is -2.35. The van der Waals surface area contributed by atoms with E-state index in [-0.39, 0.29) is 6.09 Å². The summed E-state index contributed by atoms with van der Waals surface area (Å²) in [5.74, 6) is 1.20. The lowest BCUT2D eigenvalue weighted by molar-refractivity contribution is 0.105. The number of ether oxygens (including phenoxy) is 1. The Morgan fingerprint density at radius 3 is 2.73 bits per heavy atom. The maximum absolute atomic E-state index is 11.9. The first kappa shape index (κ1) is 19.7. The van der Waals surface area contributed by atoms with Gasteiger partial charge in [-0.2, -0.15) is 0 Å². The molecule has 0 saturated carbocycles. The number of amides is 1. The molecule has 0 radical (unpaired) electrons. The SMILES string of the molecule is CCOC(=O)N1CCN(c2ncnc(Nc3cccc4nc(C)ccc34)c2N)CC1. The molecule has 2 aromatic heterocycles. The highest BCUT2D eigenvalue weighted by molar-refractivity contribution is 5.94. The standard InChI is InChI=1S/C21H25N7O2/c1-3-30-21(29)28-11-9-27(10-12-28)20-18(22)19(23-13-24-20)26-17-6-4-5-16-15(17)8-7-14(2)25-16/h4-8,13H,3,9-12,22H2,1-2H3,(H,23,24,26). The maximum atomic E-state index is 11.9. The third-order valence-corrected chi connectivity index (χ3v) is 5.09. The van der Waals surface area contributed by atoms with Gasteiger partial charge in [0, 0.05) is 42.9 Å². The number of rotatable bonds is 4. The topological polar surface area (TPSA) is 110 Å². The van der Waals surface area contributed by atoms with E-state index in [0.29, 0.717) is 50.1 Å². The van der Waals surface area contributed by atoms with Crippen LogP contribution in [0.1, 0.15) is 12.6 Å². The number of aromatic nitrogens is 3. The molecule has 1 aliphatic heterocycles. The number of aryl methyl sites for hydroxylation is 1. The fourth-order valence-corrected chi connectivity index (χ4v) is 3.55. The van der Waals surface area contributed by atoms with Gasteiger partial charge < -0.3 is 25.6 Å². The van der Waals surface area contributed by atoms with Gasteiger partial charge in [-0.3, -0.25) is 4.98 Å². The van der Waals surface area contributed by atoms with E-state index < -0.39 is 0 Å². The second-order valence-electron chi connectivity index (χ2n) is 7.08. The van der Waals surface area contributed by atoms with Crippen LogP contribution in [0.3, 0.4) is 0 Å². The molecule has 0 unspecified atom stereocenters. The number of nitrogens with two attached hydrogens (primary N) is 1. The summed E-state index contributed by atoms with van der Waals surface area (Å²) in [4.78, 5) is 29.0. The van der Waals surface area contributed by atoms with E-state index in [9.17, 15) is 4.79 Å². The van der Waals surface area contributed by atoms with Gasteiger partial charge in [-0.25, -0.2) is 14.8 Å². The molecule has 1 aromatic carbocycles. The fourth-order valence-electron chi connectivity index (χ4n) is 3.55. The Labute approximate surface area is 174 Å². The van der Waals surface area contributed by atoms with Crippen molar-refractivity contribution >= 4 is 40.0 Å². The van der Waals surface area contributed by atoms with Crippen molar-refractivity contribution in [3.63, 3.8) is 0 Å². The maximum Gasteiger partial charge on any atom is 0.409 e. The van der Waals surface area contributed by atoms with Gasteiger partial charge in [0.05, 0.1) is 12.1 Å². The number of carbonyl (C=O) groups excluding carboxylic acids is 1. The molecule has 1 aliphatic rings. The molecule has 9 heteroatoms. The van der Waals surface area contributed by atoms with Gasteiger partial charge in [0.1, 0.15) is 12.0 Å². The molecule has 3 aromatic rings. The van der Waals surface area contributed by atoms with Gasteiger partial charge in [0.25, 0.3) is 0 Å². The highest BCUT2D eigenvalue weighted by atomic mass is 16.6. The number of hydrogen-bond acceptors (Lipinski definition) is 8. The summed E-state index contributed by atoms with van der Waals surface area (Å²) in [6.07, 6.45) is 1.22. The molecule has 3 heterocycles. The minimum Gasteiger partial charge on any atom is -0.450 e. The highest BCUT2D eigenvalue weighted by Crippen LogP contribution is 2.31. The Balaban J connectivity index is 1.54. The zero-order valence-corrected chi connectivity index (χ0v) is 17.1. The van der Waals surface area contributed by atoms with Crippen LogP contribution < -0.4 is 16.0 Å². The van der Waals surface area contributed by atoms with Crippen LogP contribution in [-0.2, 0) is 4.74 Å². The minimum absolute atomic E-state index is 0.282. The third kappa shape index (κ3) is 3.91. The predicted molar refractivity (Wildman–Crippen MR) is 117 cm³/mol. The van der Waals surface area contributed by atoms with E-state index in [1.807, 2.05) is 37.3 Å². The van der Waals surface area contributed by atoms with Crippen molar-refractivity contribution in [2.24, 2.45) is 0 Å². The van der Waals surface area contributed by atoms with E-state index in [2.05, 4.69) is 25.2 Å². The molecule has 0 aliphatic carbocycles. The summed E-state index contributed by atoms with van der Waals surface area (Å²) in [7, 11) is 0. The quantitative estimate of drug-likeness (QED) is 0.679. The number of fused-ring (bicyclic) bond motifs is 1. The Hall–Kier alpha value is -3.62. The molecular formula is C21H25N7O2. The van der Waals surface area contributed by atoms with Crippen LogP contribution in [-0.4, -0.2) is 58.7 Å². The molecular weight excluding hydrogens is 382 g/mol. The summed E-state index contributed by atoms with van der Waals surface area (Å²) >= 11 is 0. The van der Waals surface area contributed by atoms with Crippen molar-refractivity contribution < 1.29 is 9.53 Å². The average molecular weight is 407 g/mol. The van der Waals surface area contributed by atoms with Crippen LogP contribution >= 0.6 is 0 Å². The van der Waals surface area contributed by atoms with E-state index in [1.54, 1.807) is 11.8 Å². The minimum atomic E-state index is -0.282. The summed E-state index contributed by atoms with van der Waals surface area (Å²) < 4.78 is 5.08. The zero-order chi connectivity index (χ0) is 21.1. The van der Waals surface area contributed by atoms with Crippen LogP contribution in [0.25, 0.3) is 10.9 Å². The van der Waals surface area contributed by atoms with Gasteiger partial charge in [-0.1, -0.05) is 6.07 Å². The number of anilines is 4. The fraction of sp³-hybridized carbons (Fsp3) is 0.333. The van der Waals surface area contributed by atoms with Gasteiger partial charge in [0.15, 0.2) is 11.6 Å². The van der Waals surface area contributed by atoms with Crippen molar-refractivity contribution in [1.82, 2.24) is 19.9 Å². The van der Waals surface area contributed by atoms with E-state index >= 15 is 0 Å². The number of carbonyl (C=O) groups is 1. The predicted octanol–water partition coefficient (Wildman–Crippen LogP) is 2.94.